The Morgan fingerprint density at radius 1 is 0.768 bits per heavy atom. The number of hydrogen-bond donors (Lipinski definition) is 2. The minimum absolute atomic E-state index is 0.250. The Bertz CT molecular complexity index is 2060. The second-order valence-corrected chi connectivity index (χ2v) is 14.2. The first-order chi connectivity index (χ1) is 26.8. The summed E-state index contributed by atoms with van der Waals surface area (Å²) in [6.45, 7) is 8.47. The van der Waals surface area contributed by atoms with Gasteiger partial charge in [-0.3, -0.25) is 24.1 Å². The van der Waals surface area contributed by atoms with Crippen LogP contribution in [0.4, 0.5) is 16.2 Å². The van der Waals surface area contributed by atoms with Gasteiger partial charge in [0.05, 0.1) is 48.4 Å². The topological polar surface area (TPSA) is 153 Å². The van der Waals surface area contributed by atoms with Gasteiger partial charge in [0.15, 0.2) is 0 Å². The number of aryl methyl sites for hydroxylation is 1. The molecule has 0 atom stereocenters. The Kier molecular flexibility index (Phi) is 13.3. The van der Waals surface area contributed by atoms with Gasteiger partial charge in [-0.25, -0.2) is 4.79 Å². The first-order valence-corrected chi connectivity index (χ1v) is 18.4. The molecule has 4 aromatic carbocycles. The zero-order valence-corrected chi connectivity index (χ0v) is 32.6. The summed E-state index contributed by atoms with van der Waals surface area (Å²) < 4.78 is 22.8. The van der Waals surface area contributed by atoms with Crippen molar-refractivity contribution in [2.24, 2.45) is 0 Å². The molecule has 2 N–H and O–H groups in total. The second-order valence-electron chi connectivity index (χ2n) is 14.2. The van der Waals surface area contributed by atoms with Gasteiger partial charge in [0.25, 0.3) is 23.6 Å². The molecule has 5 amide bonds. The molecule has 0 spiro atoms. The predicted octanol–water partition coefficient (Wildman–Crippen LogP) is 7.28. The van der Waals surface area contributed by atoms with Crippen LogP contribution in [0.2, 0.25) is 0 Å². The van der Waals surface area contributed by atoms with Crippen LogP contribution in [0.25, 0.3) is 0 Å². The molecular formula is C43H48N4O9. The largest absolute Gasteiger partial charge is 0.495 e. The van der Waals surface area contributed by atoms with E-state index in [0.717, 1.165) is 5.56 Å². The molecule has 5 rings (SSSR count). The highest BCUT2D eigenvalue weighted by Gasteiger charge is 2.34. The number of fused-ring (bicyclic) bond motifs is 1. The molecule has 0 aromatic heterocycles. The summed E-state index contributed by atoms with van der Waals surface area (Å²) >= 11 is 0. The van der Waals surface area contributed by atoms with E-state index in [9.17, 15) is 24.0 Å². The van der Waals surface area contributed by atoms with Gasteiger partial charge in [-0.05, 0) is 107 Å². The third-order valence-electron chi connectivity index (χ3n) is 8.77. The van der Waals surface area contributed by atoms with E-state index in [0.29, 0.717) is 77.5 Å². The molecule has 0 bridgehead atoms. The van der Waals surface area contributed by atoms with Crippen molar-refractivity contribution < 1.29 is 42.9 Å². The summed E-state index contributed by atoms with van der Waals surface area (Å²) in [5.41, 5.74) is 2.72. The fourth-order valence-electron chi connectivity index (χ4n) is 5.97. The van der Waals surface area contributed by atoms with Crippen molar-refractivity contribution in [1.82, 2.24) is 10.2 Å². The van der Waals surface area contributed by atoms with Gasteiger partial charge in [0.2, 0.25) is 0 Å². The maximum Gasteiger partial charge on any atom is 0.407 e. The van der Waals surface area contributed by atoms with E-state index in [2.05, 4.69) is 10.6 Å². The lowest BCUT2D eigenvalue weighted by atomic mass is 10.1. The first-order valence-electron chi connectivity index (χ1n) is 18.4. The number of imide groups is 1. The van der Waals surface area contributed by atoms with E-state index in [-0.39, 0.29) is 36.6 Å². The predicted molar refractivity (Wildman–Crippen MR) is 212 cm³/mol. The van der Waals surface area contributed by atoms with Gasteiger partial charge >= 0.3 is 6.09 Å². The molecule has 1 aliphatic heterocycles. The van der Waals surface area contributed by atoms with Crippen molar-refractivity contribution in [3.8, 4) is 17.2 Å². The summed E-state index contributed by atoms with van der Waals surface area (Å²) in [6, 6.07) is 23.9. The molecule has 13 heteroatoms. The minimum Gasteiger partial charge on any atom is -0.495 e. The molecule has 0 saturated carbocycles. The number of methoxy groups -OCH3 is 1. The van der Waals surface area contributed by atoms with E-state index in [1.807, 2.05) is 25.1 Å². The molecule has 4 aromatic rings. The molecule has 1 aliphatic rings. The number of alkyl carbamates (subject to hydrolysis) is 1. The van der Waals surface area contributed by atoms with Crippen LogP contribution in [-0.4, -0.2) is 80.7 Å². The van der Waals surface area contributed by atoms with E-state index in [1.165, 1.54) is 16.9 Å². The van der Waals surface area contributed by atoms with Gasteiger partial charge in [-0.15, -0.1) is 0 Å². The Labute approximate surface area is 326 Å². The highest BCUT2D eigenvalue weighted by Crippen LogP contribution is 2.33. The molecule has 0 radical (unpaired) electrons. The van der Waals surface area contributed by atoms with E-state index in [4.69, 9.17) is 18.9 Å². The van der Waals surface area contributed by atoms with Gasteiger partial charge in [0, 0.05) is 25.7 Å². The summed E-state index contributed by atoms with van der Waals surface area (Å²) in [5, 5.41) is 5.54. The Morgan fingerprint density at radius 3 is 2.12 bits per heavy atom. The zero-order valence-electron chi connectivity index (χ0n) is 32.6. The Balaban J connectivity index is 1.16. The lowest BCUT2D eigenvalue weighted by Gasteiger charge is -2.22. The number of nitrogens with one attached hydrogen (secondary N) is 2. The highest BCUT2D eigenvalue weighted by molar-refractivity contribution is 6.21. The SMILES string of the molecule is COc1cc(C(=O)N(C)c2ccc(C)cc2OCCCCN2C(=O)c3ccccc3C2=O)ccc1NC(=O)c1ccccc1OCCCNC(=O)OC(C)(C)C. The number of carbonyl (C=O) groups is 5. The second kappa shape index (κ2) is 18.3. The number of anilines is 2. The number of rotatable bonds is 16. The van der Waals surface area contributed by atoms with Crippen molar-refractivity contribution in [2.45, 2.75) is 52.6 Å². The minimum atomic E-state index is -0.594. The summed E-state index contributed by atoms with van der Waals surface area (Å²) in [7, 11) is 3.10. The summed E-state index contributed by atoms with van der Waals surface area (Å²) in [5.74, 6) is -0.176. The molecule has 0 saturated heterocycles. The Hall–Kier alpha value is -6.37. The number of amides is 5. The fraction of sp³-hybridized carbons (Fsp3) is 0.326. The number of ether oxygens (including phenoxy) is 4. The van der Waals surface area contributed by atoms with Crippen molar-refractivity contribution in [2.75, 3.05) is 50.7 Å². The van der Waals surface area contributed by atoms with Crippen molar-refractivity contribution in [1.29, 1.82) is 0 Å². The number of para-hydroxylation sites is 1. The standard InChI is InChI=1S/C43H48N4O9/c1-28-18-21-34(37(26-28)55-24-12-11-23-47-40(50)30-14-7-8-15-31(30)41(47)51)46(5)39(49)29-19-20-33(36(27-29)53-6)45-38(48)32-16-9-10-17-35(32)54-25-13-22-44-42(52)56-43(2,3)4/h7-10,14-21,26-27H,11-13,22-25H2,1-6H3,(H,44,52)(H,45,48). The lowest BCUT2D eigenvalue weighted by Crippen LogP contribution is -2.33. The smallest absolute Gasteiger partial charge is 0.407 e. The molecule has 0 aliphatic carbocycles. The van der Waals surface area contributed by atoms with Crippen LogP contribution >= 0.6 is 0 Å². The molecule has 294 valence electrons. The lowest BCUT2D eigenvalue weighted by molar-refractivity contribution is 0.0524. The quantitative estimate of drug-likeness (QED) is 0.0886. The number of hydrogen-bond acceptors (Lipinski definition) is 9. The molecule has 0 fully saturated rings. The third kappa shape index (κ3) is 10.2. The van der Waals surface area contributed by atoms with E-state index >= 15 is 0 Å². The number of carbonyl (C=O) groups excluding carboxylic acids is 5. The average Bonchev–Trinajstić information content (AvgIpc) is 3.41. The average molecular weight is 765 g/mol. The first kappa shape index (κ1) is 40.8. The van der Waals surface area contributed by atoms with Gasteiger partial charge in [0.1, 0.15) is 22.8 Å². The van der Waals surface area contributed by atoms with Crippen LogP contribution in [0.15, 0.2) is 84.9 Å². The van der Waals surface area contributed by atoms with Crippen LogP contribution in [0.3, 0.4) is 0 Å². The van der Waals surface area contributed by atoms with Crippen LogP contribution in [-0.2, 0) is 4.74 Å². The zero-order chi connectivity index (χ0) is 40.4. The van der Waals surface area contributed by atoms with Gasteiger partial charge in [-0.1, -0.05) is 30.3 Å². The normalized spacial score (nSPS) is 12.1. The van der Waals surface area contributed by atoms with Crippen LogP contribution < -0.4 is 29.7 Å². The number of unbranched alkanes of at least 4 members (excludes halogenated alkanes) is 1. The number of benzene rings is 4. The number of nitrogens with zero attached hydrogens (tertiary/aromatic N) is 2. The molecule has 1 heterocycles. The third-order valence-corrected chi connectivity index (χ3v) is 8.77. The van der Waals surface area contributed by atoms with Crippen molar-refractivity contribution in [3.05, 3.63) is 113 Å². The molecule has 56 heavy (non-hydrogen) atoms. The van der Waals surface area contributed by atoms with E-state index in [1.54, 1.807) is 94.5 Å². The molecule has 0 unspecified atom stereocenters. The van der Waals surface area contributed by atoms with E-state index < -0.39 is 17.6 Å². The Morgan fingerprint density at radius 2 is 1.43 bits per heavy atom. The van der Waals surface area contributed by atoms with Crippen LogP contribution in [0.1, 0.15) is 87.0 Å². The van der Waals surface area contributed by atoms with Crippen molar-refractivity contribution in [3.63, 3.8) is 0 Å². The summed E-state index contributed by atoms with van der Waals surface area (Å²) in [6.07, 6.45) is 1.11. The molecule has 13 nitrogen and oxygen atoms in total. The monoisotopic (exact) mass is 764 g/mol. The highest BCUT2D eigenvalue weighted by atomic mass is 16.6. The molecular weight excluding hydrogens is 716 g/mol. The maximum atomic E-state index is 13.8. The van der Waals surface area contributed by atoms with Crippen LogP contribution in [0, 0.1) is 6.92 Å². The maximum absolute atomic E-state index is 13.8. The van der Waals surface area contributed by atoms with Gasteiger partial charge in [-0.2, -0.15) is 0 Å². The van der Waals surface area contributed by atoms with Gasteiger partial charge < -0.3 is 34.5 Å². The van der Waals surface area contributed by atoms with Crippen LogP contribution in [0.5, 0.6) is 17.2 Å². The fourth-order valence-corrected chi connectivity index (χ4v) is 5.97. The van der Waals surface area contributed by atoms with Crippen molar-refractivity contribution >= 4 is 41.1 Å². The summed E-state index contributed by atoms with van der Waals surface area (Å²) in [4.78, 5) is 67.2.